The van der Waals surface area contributed by atoms with E-state index >= 15 is 0 Å². The van der Waals surface area contributed by atoms with Crippen molar-refractivity contribution in [3.8, 4) is 11.8 Å². The maximum Gasteiger partial charge on any atom is 0.235 e. The Morgan fingerprint density at radius 1 is 1.17 bits per heavy atom. The summed E-state index contributed by atoms with van der Waals surface area (Å²) >= 11 is 1.29. The van der Waals surface area contributed by atoms with E-state index in [-0.39, 0.29) is 11.7 Å². The van der Waals surface area contributed by atoms with Crippen LogP contribution in [0.5, 0.6) is 0 Å². The second-order valence-electron chi connectivity index (χ2n) is 7.86. The summed E-state index contributed by atoms with van der Waals surface area (Å²) in [6.45, 7) is 4.21. The van der Waals surface area contributed by atoms with Crippen molar-refractivity contribution in [1.29, 1.82) is 5.26 Å². The molecule has 35 heavy (non-hydrogen) atoms. The topological polar surface area (TPSA) is 115 Å². The molecule has 0 aliphatic heterocycles. The third-order valence-electron chi connectivity index (χ3n) is 5.76. The SMILES string of the molecule is Cc1c(C#N)c(NC(=O)CSc2ncnc3c2cnn3-c2ccccc2)n(Cc2ccco2)c1C. The monoisotopic (exact) mass is 483 g/mol. The van der Waals surface area contributed by atoms with Gasteiger partial charge in [-0.2, -0.15) is 10.4 Å². The van der Waals surface area contributed by atoms with Gasteiger partial charge in [-0.1, -0.05) is 30.0 Å². The lowest BCUT2D eigenvalue weighted by Crippen LogP contribution is -2.18. The largest absolute Gasteiger partial charge is 0.467 e. The number of nitrogens with zero attached hydrogens (tertiary/aromatic N) is 6. The molecule has 1 N–H and O–H groups in total. The molecule has 0 saturated carbocycles. The van der Waals surface area contributed by atoms with Gasteiger partial charge in [0.2, 0.25) is 5.91 Å². The number of aromatic nitrogens is 5. The van der Waals surface area contributed by atoms with Crippen LogP contribution >= 0.6 is 11.8 Å². The van der Waals surface area contributed by atoms with Gasteiger partial charge in [0, 0.05) is 5.69 Å². The van der Waals surface area contributed by atoms with Crippen molar-refractivity contribution >= 4 is 34.5 Å². The van der Waals surface area contributed by atoms with E-state index < -0.39 is 0 Å². The quantitative estimate of drug-likeness (QED) is 0.268. The number of para-hydroxylation sites is 1. The Kier molecular flexibility index (Phi) is 6.08. The molecule has 5 rings (SSSR count). The Balaban J connectivity index is 1.36. The molecule has 5 aromatic rings. The minimum Gasteiger partial charge on any atom is -0.467 e. The molecular weight excluding hydrogens is 462 g/mol. The Bertz CT molecular complexity index is 1550. The highest BCUT2D eigenvalue weighted by Crippen LogP contribution is 2.29. The normalized spacial score (nSPS) is 11.0. The first-order valence-corrected chi connectivity index (χ1v) is 11.8. The fraction of sp³-hybridized carbons (Fsp3) is 0.160. The van der Waals surface area contributed by atoms with Crippen LogP contribution in [0.25, 0.3) is 16.7 Å². The Labute approximate surface area is 205 Å². The Morgan fingerprint density at radius 2 is 2.00 bits per heavy atom. The van der Waals surface area contributed by atoms with Gasteiger partial charge in [0.1, 0.15) is 29.0 Å². The van der Waals surface area contributed by atoms with E-state index in [4.69, 9.17) is 4.42 Å². The van der Waals surface area contributed by atoms with E-state index in [0.29, 0.717) is 28.6 Å². The number of furan rings is 1. The highest BCUT2D eigenvalue weighted by atomic mass is 32.2. The Morgan fingerprint density at radius 3 is 2.74 bits per heavy atom. The molecule has 174 valence electrons. The second-order valence-corrected chi connectivity index (χ2v) is 8.82. The summed E-state index contributed by atoms with van der Waals surface area (Å²) in [7, 11) is 0. The summed E-state index contributed by atoms with van der Waals surface area (Å²) in [6.07, 6.45) is 4.78. The lowest BCUT2D eigenvalue weighted by atomic mass is 10.2. The molecule has 0 atom stereocenters. The van der Waals surface area contributed by atoms with Gasteiger partial charge in [-0.05, 0) is 43.7 Å². The number of fused-ring (bicyclic) bond motifs is 1. The van der Waals surface area contributed by atoms with Crippen LogP contribution in [-0.4, -0.2) is 36.0 Å². The number of hydrogen-bond donors (Lipinski definition) is 1. The maximum atomic E-state index is 12.9. The summed E-state index contributed by atoms with van der Waals surface area (Å²) in [5.74, 6) is 1.06. The minimum atomic E-state index is -0.244. The van der Waals surface area contributed by atoms with Crippen molar-refractivity contribution in [3.63, 3.8) is 0 Å². The molecule has 1 aromatic carbocycles. The number of anilines is 1. The molecule has 0 saturated heterocycles. The van der Waals surface area contributed by atoms with Crippen molar-refractivity contribution in [2.24, 2.45) is 0 Å². The molecule has 0 bridgehead atoms. The van der Waals surface area contributed by atoms with E-state index in [0.717, 1.165) is 28.1 Å². The van der Waals surface area contributed by atoms with E-state index in [1.165, 1.54) is 18.1 Å². The van der Waals surface area contributed by atoms with Crippen LogP contribution in [0, 0.1) is 25.2 Å². The van der Waals surface area contributed by atoms with Gasteiger partial charge >= 0.3 is 0 Å². The van der Waals surface area contributed by atoms with Crippen LogP contribution in [0.3, 0.4) is 0 Å². The fourth-order valence-electron chi connectivity index (χ4n) is 3.88. The molecular formula is C25H21N7O2S. The minimum absolute atomic E-state index is 0.109. The van der Waals surface area contributed by atoms with Crippen LogP contribution in [0.2, 0.25) is 0 Å². The molecule has 4 aromatic heterocycles. The van der Waals surface area contributed by atoms with Crippen LogP contribution in [0.4, 0.5) is 5.82 Å². The lowest BCUT2D eigenvalue weighted by Gasteiger charge is -2.12. The standard InChI is InChI=1S/C25H21N7O2S/c1-16-17(2)31(13-19-9-6-10-34-19)24(20(16)11-26)30-22(33)14-35-25-21-12-29-32(23(21)27-15-28-25)18-7-4-3-5-8-18/h3-10,12,15H,13-14H2,1-2H3,(H,30,33). The summed E-state index contributed by atoms with van der Waals surface area (Å²) in [5.41, 5.74) is 3.72. The van der Waals surface area contributed by atoms with Crippen molar-refractivity contribution < 1.29 is 9.21 Å². The number of carbonyl (C=O) groups is 1. The van der Waals surface area contributed by atoms with E-state index in [1.807, 2.05) is 60.9 Å². The Hall–Kier alpha value is -4.36. The van der Waals surface area contributed by atoms with Gasteiger partial charge in [0.25, 0.3) is 0 Å². The molecule has 0 radical (unpaired) electrons. The highest BCUT2D eigenvalue weighted by Gasteiger charge is 2.21. The molecule has 10 heteroatoms. The zero-order valence-corrected chi connectivity index (χ0v) is 19.9. The third kappa shape index (κ3) is 4.29. The lowest BCUT2D eigenvalue weighted by molar-refractivity contribution is -0.113. The van der Waals surface area contributed by atoms with Crippen LogP contribution in [0.15, 0.2) is 70.7 Å². The van der Waals surface area contributed by atoms with Gasteiger partial charge in [0.15, 0.2) is 5.65 Å². The summed E-state index contributed by atoms with van der Waals surface area (Å²) in [5, 5.41) is 18.5. The van der Waals surface area contributed by atoms with Gasteiger partial charge < -0.3 is 14.3 Å². The summed E-state index contributed by atoms with van der Waals surface area (Å²) in [6, 6.07) is 15.6. The van der Waals surface area contributed by atoms with Crippen molar-refractivity contribution in [2.45, 2.75) is 25.4 Å². The van der Waals surface area contributed by atoms with Crippen LogP contribution < -0.4 is 5.32 Å². The van der Waals surface area contributed by atoms with Gasteiger partial charge in [0.05, 0.1) is 41.4 Å². The van der Waals surface area contributed by atoms with Crippen molar-refractivity contribution in [1.82, 2.24) is 24.3 Å². The van der Waals surface area contributed by atoms with Gasteiger partial charge in [-0.25, -0.2) is 14.6 Å². The maximum absolute atomic E-state index is 12.9. The number of amides is 1. The number of carbonyl (C=O) groups excluding carboxylic acids is 1. The van der Waals surface area contributed by atoms with Crippen LogP contribution in [0.1, 0.15) is 22.6 Å². The van der Waals surface area contributed by atoms with E-state index in [9.17, 15) is 10.1 Å². The fourth-order valence-corrected chi connectivity index (χ4v) is 4.65. The molecule has 0 unspecified atom stereocenters. The molecule has 0 aliphatic rings. The van der Waals surface area contributed by atoms with Crippen molar-refractivity contribution in [3.05, 3.63) is 83.8 Å². The first-order valence-electron chi connectivity index (χ1n) is 10.9. The number of hydrogen-bond acceptors (Lipinski definition) is 7. The van der Waals surface area contributed by atoms with E-state index in [2.05, 4.69) is 26.5 Å². The first kappa shape index (κ1) is 22.4. The third-order valence-corrected chi connectivity index (χ3v) is 6.77. The van der Waals surface area contributed by atoms with Gasteiger partial charge in [-0.3, -0.25) is 4.79 Å². The smallest absolute Gasteiger partial charge is 0.235 e. The highest BCUT2D eigenvalue weighted by molar-refractivity contribution is 8.00. The molecule has 0 fully saturated rings. The predicted octanol–water partition coefficient (Wildman–Crippen LogP) is 4.48. The zero-order chi connectivity index (χ0) is 24.4. The van der Waals surface area contributed by atoms with Crippen LogP contribution in [-0.2, 0) is 11.3 Å². The number of thioether (sulfide) groups is 1. The average Bonchev–Trinajstić information content (AvgIpc) is 3.60. The number of benzene rings is 1. The molecule has 9 nitrogen and oxygen atoms in total. The molecule has 0 aliphatic carbocycles. The second kappa shape index (κ2) is 9.48. The number of nitriles is 1. The first-order chi connectivity index (χ1) is 17.1. The zero-order valence-electron chi connectivity index (χ0n) is 19.1. The average molecular weight is 484 g/mol. The summed E-state index contributed by atoms with van der Waals surface area (Å²) < 4.78 is 9.11. The number of rotatable bonds is 7. The van der Waals surface area contributed by atoms with Crippen molar-refractivity contribution in [2.75, 3.05) is 11.1 Å². The van der Waals surface area contributed by atoms with Gasteiger partial charge in [-0.15, -0.1) is 0 Å². The predicted molar refractivity (Wildman–Crippen MR) is 132 cm³/mol. The number of nitrogens with one attached hydrogen (secondary N) is 1. The molecule has 4 heterocycles. The molecule has 1 amide bonds. The van der Waals surface area contributed by atoms with E-state index in [1.54, 1.807) is 17.1 Å². The molecule has 0 spiro atoms. The summed E-state index contributed by atoms with van der Waals surface area (Å²) in [4.78, 5) is 21.7.